The van der Waals surface area contributed by atoms with Gasteiger partial charge in [0.15, 0.2) is 5.96 Å². The molecule has 1 saturated heterocycles. The van der Waals surface area contributed by atoms with Crippen molar-refractivity contribution < 1.29 is 9.47 Å². The Labute approximate surface area is 156 Å². The zero-order chi connectivity index (χ0) is 15.4. The first-order valence-corrected chi connectivity index (χ1v) is 8.99. The summed E-state index contributed by atoms with van der Waals surface area (Å²) in [6, 6.07) is 0. The van der Waals surface area contributed by atoms with Gasteiger partial charge in [-0.25, -0.2) is 0 Å². The van der Waals surface area contributed by atoms with Crippen molar-refractivity contribution in [3.63, 3.8) is 0 Å². The zero-order valence-corrected chi connectivity index (χ0v) is 17.3. The normalized spacial score (nSPS) is 17.7. The van der Waals surface area contributed by atoms with Crippen molar-refractivity contribution >= 4 is 41.7 Å². The highest BCUT2D eigenvalue weighted by Crippen LogP contribution is 2.34. The minimum Gasteiger partial charge on any atom is -0.382 e. The monoisotopic (exact) mass is 445 g/mol. The van der Waals surface area contributed by atoms with Gasteiger partial charge < -0.3 is 20.1 Å². The fourth-order valence-corrected chi connectivity index (χ4v) is 3.65. The first-order chi connectivity index (χ1) is 10.3. The van der Waals surface area contributed by atoms with Gasteiger partial charge in [0, 0.05) is 51.3 Å². The lowest BCUT2D eigenvalue weighted by Crippen LogP contribution is -2.48. The summed E-state index contributed by atoms with van der Waals surface area (Å²) < 4.78 is 11.1. The Kier molecular flexibility index (Phi) is 13.9. The summed E-state index contributed by atoms with van der Waals surface area (Å²) in [7, 11) is 1.82. The number of nitrogens with one attached hydrogen (secondary N) is 2. The van der Waals surface area contributed by atoms with Gasteiger partial charge in [-0.05, 0) is 31.9 Å². The SMILES string of the molecule is CCOCCCNC(=NC)NCC1(SCC)CCOCC1.I. The number of guanidine groups is 1. The van der Waals surface area contributed by atoms with Gasteiger partial charge in [-0.2, -0.15) is 11.8 Å². The molecule has 22 heavy (non-hydrogen) atoms. The number of rotatable bonds is 9. The molecule has 7 heteroatoms. The van der Waals surface area contributed by atoms with E-state index in [1.165, 1.54) is 0 Å². The van der Waals surface area contributed by atoms with E-state index in [-0.39, 0.29) is 28.7 Å². The van der Waals surface area contributed by atoms with Gasteiger partial charge in [0.2, 0.25) is 0 Å². The van der Waals surface area contributed by atoms with Crippen LogP contribution in [0.2, 0.25) is 0 Å². The summed E-state index contributed by atoms with van der Waals surface area (Å²) in [5.41, 5.74) is 0. The zero-order valence-electron chi connectivity index (χ0n) is 14.2. The lowest BCUT2D eigenvalue weighted by Gasteiger charge is -2.37. The predicted molar refractivity (Wildman–Crippen MR) is 107 cm³/mol. The summed E-state index contributed by atoms with van der Waals surface area (Å²) in [6.07, 6.45) is 3.22. The largest absolute Gasteiger partial charge is 0.382 e. The van der Waals surface area contributed by atoms with Crippen molar-refractivity contribution in [2.24, 2.45) is 4.99 Å². The lowest BCUT2D eigenvalue weighted by atomic mass is 9.99. The Balaban J connectivity index is 0.00000441. The van der Waals surface area contributed by atoms with Gasteiger partial charge in [0.25, 0.3) is 0 Å². The molecule has 1 aliphatic rings. The molecule has 1 heterocycles. The molecular formula is C15H32IN3O2S. The highest BCUT2D eigenvalue weighted by Gasteiger charge is 2.32. The molecule has 1 aliphatic heterocycles. The van der Waals surface area contributed by atoms with Crippen LogP contribution in [0.1, 0.15) is 33.1 Å². The van der Waals surface area contributed by atoms with Gasteiger partial charge >= 0.3 is 0 Å². The van der Waals surface area contributed by atoms with E-state index in [1.807, 2.05) is 25.7 Å². The molecule has 0 spiro atoms. The summed E-state index contributed by atoms with van der Waals surface area (Å²) in [5, 5.41) is 6.82. The Morgan fingerprint density at radius 1 is 1.27 bits per heavy atom. The molecule has 2 N–H and O–H groups in total. The maximum absolute atomic E-state index is 5.51. The second-order valence-corrected chi connectivity index (χ2v) is 6.86. The Morgan fingerprint density at radius 2 is 2.00 bits per heavy atom. The second kappa shape index (κ2) is 13.7. The maximum Gasteiger partial charge on any atom is 0.191 e. The molecule has 132 valence electrons. The van der Waals surface area contributed by atoms with Crippen LogP contribution in [0, 0.1) is 0 Å². The highest BCUT2D eigenvalue weighted by molar-refractivity contribution is 14.0. The van der Waals surface area contributed by atoms with Crippen LogP contribution in [0.4, 0.5) is 0 Å². The number of hydrogen-bond acceptors (Lipinski definition) is 4. The van der Waals surface area contributed by atoms with E-state index in [1.54, 1.807) is 0 Å². The van der Waals surface area contributed by atoms with Gasteiger partial charge in [-0.3, -0.25) is 4.99 Å². The van der Waals surface area contributed by atoms with E-state index in [4.69, 9.17) is 9.47 Å². The molecule has 0 atom stereocenters. The molecule has 1 fully saturated rings. The number of aliphatic imine (C=N–C) groups is 1. The molecular weight excluding hydrogens is 413 g/mol. The van der Waals surface area contributed by atoms with E-state index in [0.717, 1.165) is 70.5 Å². The number of thioether (sulfide) groups is 1. The summed E-state index contributed by atoms with van der Waals surface area (Å²) >= 11 is 2.04. The van der Waals surface area contributed by atoms with E-state index >= 15 is 0 Å². The highest BCUT2D eigenvalue weighted by atomic mass is 127. The third kappa shape index (κ3) is 8.79. The van der Waals surface area contributed by atoms with Crippen LogP contribution in [0.5, 0.6) is 0 Å². The fraction of sp³-hybridized carbons (Fsp3) is 0.933. The fourth-order valence-electron chi connectivity index (χ4n) is 2.41. The topological polar surface area (TPSA) is 54.9 Å². The van der Waals surface area contributed by atoms with Crippen LogP contribution in [0.25, 0.3) is 0 Å². The van der Waals surface area contributed by atoms with Crippen molar-refractivity contribution in [3.05, 3.63) is 0 Å². The molecule has 0 radical (unpaired) electrons. The van der Waals surface area contributed by atoms with Crippen LogP contribution < -0.4 is 10.6 Å². The van der Waals surface area contributed by atoms with Crippen LogP contribution in [0.15, 0.2) is 4.99 Å². The first-order valence-electron chi connectivity index (χ1n) is 8.00. The van der Waals surface area contributed by atoms with E-state index in [2.05, 4.69) is 22.5 Å². The minimum atomic E-state index is 0. The predicted octanol–water partition coefficient (Wildman–Crippen LogP) is 2.50. The smallest absolute Gasteiger partial charge is 0.191 e. The van der Waals surface area contributed by atoms with Gasteiger partial charge in [-0.15, -0.1) is 24.0 Å². The van der Waals surface area contributed by atoms with Gasteiger partial charge in [0.1, 0.15) is 0 Å². The Bertz CT molecular complexity index is 295. The minimum absolute atomic E-state index is 0. The van der Waals surface area contributed by atoms with Crippen molar-refractivity contribution in [3.8, 4) is 0 Å². The lowest BCUT2D eigenvalue weighted by molar-refractivity contribution is 0.0782. The van der Waals surface area contributed by atoms with Crippen molar-refractivity contribution in [1.82, 2.24) is 10.6 Å². The van der Waals surface area contributed by atoms with Crippen LogP contribution in [-0.2, 0) is 9.47 Å². The van der Waals surface area contributed by atoms with E-state index in [9.17, 15) is 0 Å². The number of hydrogen-bond donors (Lipinski definition) is 2. The Hall–Kier alpha value is 0.270. The number of ether oxygens (including phenoxy) is 2. The maximum atomic E-state index is 5.51. The van der Waals surface area contributed by atoms with Crippen LogP contribution >= 0.6 is 35.7 Å². The van der Waals surface area contributed by atoms with Crippen molar-refractivity contribution in [2.75, 3.05) is 52.3 Å². The first kappa shape index (κ1) is 22.3. The molecule has 0 unspecified atom stereocenters. The molecule has 5 nitrogen and oxygen atoms in total. The second-order valence-electron chi connectivity index (χ2n) is 5.13. The van der Waals surface area contributed by atoms with Gasteiger partial charge in [0.05, 0.1) is 0 Å². The third-order valence-corrected chi connectivity index (χ3v) is 5.07. The third-order valence-electron chi connectivity index (χ3n) is 3.62. The van der Waals surface area contributed by atoms with Crippen LogP contribution in [-0.4, -0.2) is 63.0 Å². The Morgan fingerprint density at radius 3 is 2.59 bits per heavy atom. The quantitative estimate of drug-likeness (QED) is 0.247. The molecule has 0 amide bonds. The average molecular weight is 445 g/mol. The molecule has 0 bridgehead atoms. The molecule has 1 rings (SSSR count). The van der Waals surface area contributed by atoms with Crippen molar-refractivity contribution in [1.29, 1.82) is 0 Å². The summed E-state index contributed by atoms with van der Waals surface area (Å²) in [5.74, 6) is 2.02. The molecule has 0 aromatic rings. The molecule has 0 aromatic carbocycles. The molecule has 0 saturated carbocycles. The summed E-state index contributed by atoms with van der Waals surface area (Å²) in [4.78, 5) is 4.29. The average Bonchev–Trinajstić information content (AvgIpc) is 2.51. The standard InChI is InChI=1S/C15H31N3O2S.HI/c1-4-19-10-6-9-17-14(16-3)18-13-15(21-5-2)7-11-20-12-8-15;/h4-13H2,1-3H3,(H2,16,17,18);1H. The number of nitrogens with zero attached hydrogens (tertiary/aromatic N) is 1. The van der Waals surface area contributed by atoms with Crippen molar-refractivity contribution in [2.45, 2.75) is 37.9 Å². The number of halogens is 1. The molecule has 0 aromatic heterocycles. The van der Waals surface area contributed by atoms with Gasteiger partial charge in [-0.1, -0.05) is 6.92 Å². The van der Waals surface area contributed by atoms with E-state index in [0.29, 0.717) is 0 Å². The van der Waals surface area contributed by atoms with Crippen LogP contribution in [0.3, 0.4) is 0 Å². The molecule has 0 aliphatic carbocycles. The summed E-state index contributed by atoms with van der Waals surface area (Å²) in [6.45, 7) is 9.40. The van der Waals surface area contributed by atoms with E-state index < -0.39 is 0 Å².